The number of pyridine rings is 1. The number of aryl methyl sites for hydroxylation is 1. The van der Waals surface area contributed by atoms with Crippen molar-refractivity contribution in [2.24, 2.45) is 0 Å². The zero-order chi connectivity index (χ0) is 23.4. The van der Waals surface area contributed by atoms with Crippen LogP contribution in [-0.2, 0) is 0 Å². The van der Waals surface area contributed by atoms with Gasteiger partial charge in [0.15, 0.2) is 5.65 Å². The second-order valence-electron chi connectivity index (χ2n) is 10.6. The second-order valence-corrected chi connectivity index (χ2v) is 10.6. The Morgan fingerprint density at radius 1 is 1.09 bits per heavy atom. The van der Waals surface area contributed by atoms with E-state index in [0.29, 0.717) is 30.8 Å². The number of H-pyrrole nitrogens is 1. The number of nitrogens with one attached hydrogen (secondary N) is 1. The van der Waals surface area contributed by atoms with E-state index < -0.39 is 6.17 Å². The van der Waals surface area contributed by atoms with Crippen LogP contribution >= 0.6 is 0 Å². The van der Waals surface area contributed by atoms with Gasteiger partial charge in [0.25, 0.3) is 0 Å². The highest BCUT2D eigenvalue weighted by Gasteiger charge is 2.32. The van der Waals surface area contributed by atoms with Crippen LogP contribution in [0.15, 0.2) is 30.7 Å². The van der Waals surface area contributed by atoms with E-state index in [0.717, 1.165) is 54.5 Å². The first-order valence-corrected chi connectivity index (χ1v) is 12.7. The predicted octanol–water partition coefficient (Wildman–Crippen LogP) is 5.77. The lowest BCUT2D eigenvalue weighted by molar-refractivity contribution is 0.169. The molecule has 0 spiro atoms. The van der Waals surface area contributed by atoms with Crippen molar-refractivity contribution in [1.29, 1.82) is 0 Å². The summed E-state index contributed by atoms with van der Waals surface area (Å²) in [5, 5.41) is 13.8. The van der Waals surface area contributed by atoms with E-state index in [4.69, 9.17) is 5.10 Å². The molecule has 4 aromatic rings. The van der Waals surface area contributed by atoms with Crippen molar-refractivity contribution < 1.29 is 4.39 Å². The van der Waals surface area contributed by atoms with Crippen LogP contribution in [-0.4, -0.2) is 55.0 Å². The third-order valence-electron chi connectivity index (χ3n) is 8.02. The number of hydrogen-bond donors (Lipinski definition) is 1. The molecule has 1 saturated heterocycles. The topological polar surface area (TPSA) is 62.1 Å². The first-order valence-electron chi connectivity index (χ1n) is 12.7. The van der Waals surface area contributed by atoms with Gasteiger partial charge in [0.05, 0.1) is 11.2 Å². The lowest BCUT2D eigenvalue weighted by Crippen LogP contribution is -2.36. The molecule has 1 N–H and O–H groups in total. The van der Waals surface area contributed by atoms with E-state index in [2.05, 4.69) is 65.2 Å². The molecule has 1 aromatic carbocycles. The van der Waals surface area contributed by atoms with Gasteiger partial charge in [-0.15, -0.1) is 0 Å². The summed E-state index contributed by atoms with van der Waals surface area (Å²) in [5.74, 6) is 0.849. The van der Waals surface area contributed by atoms with Crippen LogP contribution in [0.25, 0.3) is 27.7 Å². The summed E-state index contributed by atoms with van der Waals surface area (Å²) in [6, 6.07) is 7.36. The zero-order valence-corrected chi connectivity index (χ0v) is 20.3. The Hall–Kier alpha value is -2.80. The summed E-state index contributed by atoms with van der Waals surface area (Å²) >= 11 is 0. The third-order valence-corrected chi connectivity index (χ3v) is 8.02. The van der Waals surface area contributed by atoms with Crippen molar-refractivity contribution in [3.05, 3.63) is 47.5 Å². The number of rotatable bonds is 4. The van der Waals surface area contributed by atoms with E-state index in [-0.39, 0.29) is 0 Å². The molecule has 1 atom stereocenters. The van der Waals surface area contributed by atoms with Gasteiger partial charge in [-0.3, -0.25) is 10.00 Å². The number of alkyl halides is 1. The maximum atomic E-state index is 13.7. The van der Waals surface area contributed by atoms with E-state index >= 15 is 0 Å². The number of likely N-dealkylation sites (tertiary alicyclic amines) is 1. The zero-order valence-electron chi connectivity index (χ0n) is 20.3. The molecule has 2 fully saturated rings. The van der Waals surface area contributed by atoms with E-state index in [1.807, 2.05) is 4.52 Å². The first kappa shape index (κ1) is 21.7. The fourth-order valence-corrected chi connectivity index (χ4v) is 6.17. The number of aromatic amines is 1. The Morgan fingerprint density at radius 3 is 2.65 bits per heavy atom. The standard InChI is InChI=1S/C27H33FN6/c1-16(2)22-11-24-25(12-23(22)19-10-17(3)27-29-15-30-34(27)13-19)31-32-26(24)18-4-6-21(7-5-18)33-9-8-20(28)14-33/h10-13,15-16,18,20-21H,4-9,14H2,1-3H3,(H,31,32). The number of fused-ring (bicyclic) bond motifs is 2. The summed E-state index contributed by atoms with van der Waals surface area (Å²) < 4.78 is 15.5. The van der Waals surface area contributed by atoms with E-state index in [9.17, 15) is 4.39 Å². The molecule has 34 heavy (non-hydrogen) atoms. The van der Waals surface area contributed by atoms with Gasteiger partial charge in [-0.1, -0.05) is 13.8 Å². The van der Waals surface area contributed by atoms with Crippen molar-refractivity contribution in [2.75, 3.05) is 13.1 Å². The molecule has 1 aliphatic heterocycles. The summed E-state index contributed by atoms with van der Waals surface area (Å²) in [4.78, 5) is 6.74. The summed E-state index contributed by atoms with van der Waals surface area (Å²) in [7, 11) is 0. The van der Waals surface area contributed by atoms with E-state index in [1.165, 1.54) is 22.2 Å². The fraction of sp³-hybridized carbons (Fsp3) is 0.519. The van der Waals surface area contributed by atoms with Crippen LogP contribution in [0.2, 0.25) is 0 Å². The Kier molecular flexibility index (Phi) is 5.40. The normalized spacial score (nSPS) is 24.1. The van der Waals surface area contributed by atoms with Gasteiger partial charge in [-0.25, -0.2) is 13.9 Å². The Bertz CT molecular complexity index is 1330. The van der Waals surface area contributed by atoms with Gasteiger partial charge in [-0.05, 0) is 79.8 Å². The lowest BCUT2D eigenvalue weighted by atomic mass is 9.82. The predicted molar refractivity (Wildman–Crippen MR) is 133 cm³/mol. The molecule has 6 nitrogen and oxygen atoms in total. The highest BCUT2D eigenvalue weighted by molar-refractivity contribution is 5.89. The smallest absolute Gasteiger partial charge is 0.158 e. The van der Waals surface area contributed by atoms with Crippen LogP contribution in [0.5, 0.6) is 0 Å². The highest BCUT2D eigenvalue weighted by atomic mass is 19.1. The van der Waals surface area contributed by atoms with Gasteiger partial charge in [0, 0.05) is 42.2 Å². The number of hydrogen-bond acceptors (Lipinski definition) is 4. The van der Waals surface area contributed by atoms with Crippen molar-refractivity contribution in [1.82, 2.24) is 29.7 Å². The van der Waals surface area contributed by atoms with Crippen LogP contribution in [0.4, 0.5) is 4.39 Å². The summed E-state index contributed by atoms with van der Waals surface area (Å²) in [6.07, 6.45) is 8.27. The minimum Gasteiger partial charge on any atom is -0.297 e. The summed E-state index contributed by atoms with van der Waals surface area (Å²) in [6.45, 7) is 8.14. The number of aromatic nitrogens is 5. The Morgan fingerprint density at radius 2 is 1.91 bits per heavy atom. The molecule has 6 rings (SSSR count). The van der Waals surface area contributed by atoms with Gasteiger partial charge >= 0.3 is 0 Å². The molecule has 1 saturated carbocycles. The van der Waals surface area contributed by atoms with Gasteiger partial charge < -0.3 is 0 Å². The van der Waals surface area contributed by atoms with Gasteiger partial charge in [0.2, 0.25) is 0 Å². The van der Waals surface area contributed by atoms with Crippen molar-refractivity contribution in [3.8, 4) is 11.1 Å². The Labute approximate surface area is 199 Å². The van der Waals surface area contributed by atoms with Crippen LogP contribution < -0.4 is 0 Å². The summed E-state index contributed by atoms with van der Waals surface area (Å²) in [5.41, 5.74) is 8.00. The molecule has 0 amide bonds. The maximum absolute atomic E-state index is 13.7. The molecule has 2 aliphatic rings. The van der Waals surface area contributed by atoms with Crippen LogP contribution in [0.1, 0.15) is 74.6 Å². The number of halogens is 1. The Balaban J connectivity index is 1.32. The van der Waals surface area contributed by atoms with Crippen LogP contribution in [0, 0.1) is 6.92 Å². The molecule has 7 heteroatoms. The molecule has 178 valence electrons. The molecule has 4 heterocycles. The maximum Gasteiger partial charge on any atom is 0.158 e. The monoisotopic (exact) mass is 460 g/mol. The number of benzene rings is 1. The molecular formula is C27H33FN6. The largest absolute Gasteiger partial charge is 0.297 e. The first-order chi connectivity index (χ1) is 16.5. The second kappa shape index (κ2) is 8.45. The molecule has 0 radical (unpaired) electrons. The van der Waals surface area contributed by atoms with E-state index in [1.54, 1.807) is 6.33 Å². The highest BCUT2D eigenvalue weighted by Crippen LogP contribution is 2.40. The quantitative estimate of drug-likeness (QED) is 0.420. The molecule has 1 aliphatic carbocycles. The lowest BCUT2D eigenvalue weighted by Gasteiger charge is -2.34. The van der Waals surface area contributed by atoms with Crippen molar-refractivity contribution in [3.63, 3.8) is 0 Å². The average Bonchev–Trinajstić information content (AvgIpc) is 3.57. The van der Waals surface area contributed by atoms with Gasteiger partial charge in [0.1, 0.15) is 12.5 Å². The third kappa shape index (κ3) is 3.70. The molecule has 1 unspecified atom stereocenters. The average molecular weight is 461 g/mol. The SMILES string of the molecule is Cc1cc(-c2cc3[nH]nc(C4CCC(N5CCC(F)C5)CC4)c3cc2C(C)C)cn2ncnc12. The minimum absolute atomic E-state index is 0.383. The van der Waals surface area contributed by atoms with Crippen molar-refractivity contribution >= 4 is 16.6 Å². The molecular weight excluding hydrogens is 427 g/mol. The minimum atomic E-state index is -0.634. The van der Waals surface area contributed by atoms with Crippen LogP contribution in [0.3, 0.4) is 0 Å². The molecule has 3 aromatic heterocycles. The number of nitrogens with zero attached hydrogens (tertiary/aromatic N) is 5. The molecule has 0 bridgehead atoms. The fourth-order valence-electron chi connectivity index (χ4n) is 6.17. The van der Waals surface area contributed by atoms with Gasteiger partial charge in [-0.2, -0.15) is 10.2 Å². The van der Waals surface area contributed by atoms with Crippen molar-refractivity contribution in [2.45, 2.75) is 76.9 Å².